The number of rotatable bonds is 2. The Hall–Kier alpha value is -6.30. The van der Waals surface area contributed by atoms with Crippen LogP contribution in [0.4, 0.5) is 0 Å². The molecule has 1 heterocycles. The molecule has 2 spiro atoms. The topological polar surface area (TPSA) is 68.3 Å². The maximum atomic E-state index is 14.0. The van der Waals surface area contributed by atoms with Gasteiger partial charge in [0.15, 0.2) is 23.1 Å². The normalized spacial score (nSPS) is 19.7. The summed E-state index contributed by atoms with van der Waals surface area (Å²) in [6.45, 7) is 0. The third-order valence-electron chi connectivity index (χ3n) is 15.3. The lowest BCUT2D eigenvalue weighted by molar-refractivity contribution is 0.0973. The molecule has 7 aromatic rings. The van der Waals surface area contributed by atoms with Gasteiger partial charge in [0.25, 0.3) is 0 Å². The molecule has 2 saturated carbocycles. The summed E-state index contributed by atoms with van der Waals surface area (Å²) in [7, 11) is 0. The van der Waals surface area contributed by atoms with Gasteiger partial charge >= 0.3 is 0 Å². The summed E-state index contributed by atoms with van der Waals surface area (Å²) in [6.07, 6.45) is 19.1. The van der Waals surface area contributed by atoms with Crippen LogP contribution >= 0.6 is 11.3 Å². The van der Waals surface area contributed by atoms with Gasteiger partial charge in [0.05, 0.1) is 11.1 Å². The fourth-order valence-corrected chi connectivity index (χ4v) is 13.4. The Morgan fingerprint density at radius 2 is 0.770 bits per heavy atom. The number of hydrogen-bond acceptors (Lipinski definition) is 5. The van der Waals surface area contributed by atoms with Crippen molar-refractivity contribution >= 4 is 88.3 Å². The van der Waals surface area contributed by atoms with Crippen LogP contribution in [0.3, 0.4) is 0 Å². The molecule has 0 aliphatic heterocycles. The summed E-state index contributed by atoms with van der Waals surface area (Å²) < 4.78 is 2.47. The van der Waals surface area contributed by atoms with E-state index in [1.54, 1.807) is 0 Å². The molecule has 294 valence electrons. The summed E-state index contributed by atoms with van der Waals surface area (Å²) in [6, 6.07) is 33.0. The molecule has 0 atom stereocenters. The lowest BCUT2D eigenvalue weighted by Crippen LogP contribution is -2.29. The Kier molecular flexibility index (Phi) is 7.34. The second-order valence-corrected chi connectivity index (χ2v) is 19.5. The molecule has 0 bridgehead atoms. The van der Waals surface area contributed by atoms with Crippen molar-refractivity contribution in [2.45, 2.75) is 75.0 Å². The van der Waals surface area contributed by atoms with Crippen LogP contribution in [0.2, 0.25) is 0 Å². The first-order valence-corrected chi connectivity index (χ1v) is 22.8. The highest BCUT2D eigenvalue weighted by Gasteiger charge is 2.46. The highest BCUT2D eigenvalue weighted by atomic mass is 32.1. The highest BCUT2D eigenvalue weighted by Crippen LogP contribution is 2.57. The predicted molar refractivity (Wildman–Crippen MR) is 246 cm³/mol. The van der Waals surface area contributed by atoms with Crippen LogP contribution in [0.25, 0.3) is 53.9 Å². The molecule has 6 aliphatic rings. The first kappa shape index (κ1) is 35.5. The van der Waals surface area contributed by atoms with Gasteiger partial charge in [-0.2, -0.15) is 0 Å². The van der Waals surface area contributed by atoms with Gasteiger partial charge in [-0.05, 0) is 141 Å². The molecule has 61 heavy (non-hydrogen) atoms. The van der Waals surface area contributed by atoms with Gasteiger partial charge in [-0.3, -0.25) is 19.2 Å². The Morgan fingerprint density at radius 3 is 1.11 bits per heavy atom. The zero-order valence-electron chi connectivity index (χ0n) is 33.7. The van der Waals surface area contributed by atoms with Crippen molar-refractivity contribution in [3.8, 4) is 0 Å². The van der Waals surface area contributed by atoms with Crippen LogP contribution < -0.4 is 0 Å². The van der Waals surface area contributed by atoms with E-state index in [1.807, 2.05) is 96.3 Å². The number of carbonyl (C=O) groups excluding carboxylic acids is 4. The number of thiophene rings is 1. The highest BCUT2D eigenvalue weighted by molar-refractivity contribution is 7.25. The fourth-order valence-electron chi connectivity index (χ4n) is 12.3. The minimum absolute atomic E-state index is 0.172. The Balaban J connectivity index is 0.912. The number of fused-ring (bicyclic) bond motifs is 11. The first-order valence-electron chi connectivity index (χ1n) is 22.0. The zero-order valence-corrected chi connectivity index (χ0v) is 34.5. The molecule has 0 amide bonds. The van der Waals surface area contributed by atoms with Crippen LogP contribution in [-0.4, -0.2) is 23.1 Å². The Bertz CT molecular complexity index is 3050. The number of ketones is 4. The quantitative estimate of drug-likeness (QED) is 0.129. The van der Waals surface area contributed by atoms with Crippen LogP contribution in [0.15, 0.2) is 132 Å². The van der Waals surface area contributed by atoms with Gasteiger partial charge in [-0.1, -0.05) is 99.2 Å². The molecular formula is C56H40O4S. The third kappa shape index (κ3) is 4.87. The number of allylic oxidation sites excluding steroid dienone is 6. The third-order valence-corrected chi connectivity index (χ3v) is 16.4. The maximum Gasteiger partial charge on any atom is 0.197 e. The van der Waals surface area contributed by atoms with Crippen molar-refractivity contribution in [2.75, 3.05) is 0 Å². The number of hydrogen-bond donors (Lipinski definition) is 0. The standard InChI is InChI=1S/C56H40O4S/c57-51-41-21-31-11-3-4-12-32(31)22-42(41)52(58)45(51)27-37-19-35-25-49-39(29-47(35)55(37)15-7-1-8-16-55)40-30-48-36(26-50(40)61-49)20-38(56(48)17-9-2-10-18-56)28-46-53(59)43-23-33-13-5-6-14-34(33)24-44(43)54(46)60/h3-6,11-14,19-30H,1-2,7-10,15-18H2. The molecule has 0 radical (unpaired) electrons. The molecule has 6 aromatic carbocycles. The van der Waals surface area contributed by atoms with Crippen LogP contribution in [0, 0.1) is 0 Å². The van der Waals surface area contributed by atoms with Gasteiger partial charge < -0.3 is 0 Å². The zero-order chi connectivity index (χ0) is 40.8. The largest absolute Gasteiger partial charge is 0.288 e. The fraction of sp³-hybridized carbons (Fsp3) is 0.214. The number of benzene rings is 6. The van der Waals surface area contributed by atoms with Gasteiger partial charge in [0, 0.05) is 53.3 Å². The second kappa shape index (κ2) is 12.6. The minimum atomic E-state index is -0.255. The summed E-state index contributed by atoms with van der Waals surface area (Å²) in [4.78, 5) is 56.0. The van der Waals surface area contributed by atoms with Crippen molar-refractivity contribution in [3.63, 3.8) is 0 Å². The van der Waals surface area contributed by atoms with Gasteiger partial charge in [0.2, 0.25) is 0 Å². The van der Waals surface area contributed by atoms with Crippen molar-refractivity contribution in [3.05, 3.63) is 176 Å². The van der Waals surface area contributed by atoms with E-state index in [1.165, 1.54) is 55.3 Å². The van der Waals surface area contributed by atoms with Crippen molar-refractivity contribution in [1.82, 2.24) is 0 Å². The van der Waals surface area contributed by atoms with Gasteiger partial charge in [-0.15, -0.1) is 11.3 Å². The smallest absolute Gasteiger partial charge is 0.197 e. The number of carbonyl (C=O) groups is 4. The summed E-state index contributed by atoms with van der Waals surface area (Å²) >= 11 is 1.81. The summed E-state index contributed by atoms with van der Waals surface area (Å²) in [5.74, 6) is -0.687. The van der Waals surface area contributed by atoms with Crippen LogP contribution in [-0.2, 0) is 10.8 Å². The molecule has 6 aliphatic carbocycles. The Labute approximate surface area is 357 Å². The second-order valence-electron chi connectivity index (χ2n) is 18.4. The van der Waals surface area contributed by atoms with Crippen molar-refractivity contribution in [2.24, 2.45) is 0 Å². The molecule has 0 saturated heterocycles. The molecule has 13 rings (SSSR count). The molecule has 0 N–H and O–H groups in total. The van der Waals surface area contributed by atoms with E-state index in [4.69, 9.17) is 0 Å². The minimum Gasteiger partial charge on any atom is -0.288 e. The average molecular weight is 809 g/mol. The number of Topliss-reactive ketones (excluding diaryl/α,β-unsaturated/α-hetero) is 4. The predicted octanol–water partition coefficient (Wildman–Crippen LogP) is 13.6. The van der Waals surface area contributed by atoms with E-state index < -0.39 is 0 Å². The molecular weight excluding hydrogens is 769 g/mol. The van der Waals surface area contributed by atoms with Crippen molar-refractivity contribution in [1.29, 1.82) is 0 Å². The van der Waals surface area contributed by atoms with E-state index in [2.05, 4.69) is 36.4 Å². The van der Waals surface area contributed by atoms with Crippen molar-refractivity contribution < 1.29 is 19.2 Å². The van der Waals surface area contributed by atoms with Gasteiger partial charge in [-0.25, -0.2) is 0 Å². The Morgan fingerprint density at radius 1 is 0.426 bits per heavy atom. The van der Waals surface area contributed by atoms with E-state index in [0.717, 1.165) is 84.1 Å². The summed E-state index contributed by atoms with van der Waals surface area (Å²) in [5, 5.41) is 6.38. The first-order chi connectivity index (χ1) is 29.8. The molecule has 2 fully saturated rings. The molecule has 1 aromatic heterocycles. The molecule has 0 unspecified atom stereocenters. The maximum absolute atomic E-state index is 14.0. The SMILES string of the molecule is O=C1C(=CC2=Cc3cc4sc5cc6c(cc5c4cc3C23CCCCC3)C2(CCCCC2)C(C=C2C(=O)c3cc4ccccc4cc3C2=O)=C6)C(=O)c2cc3ccccc3cc21. The van der Waals surface area contributed by atoms with Crippen LogP contribution in [0.5, 0.6) is 0 Å². The van der Waals surface area contributed by atoms with E-state index >= 15 is 0 Å². The van der Waals surface area contributed by atoms with E-state index in [0.29, 0.717) is 22.3 Å². The molecule has 5 heteroatoms. The van der Waals surface area contributed by atoms with Gasteiger partial charge in [0.1, 0.15) is 0 Å². The average Bonchev–Trinajstić information content (AvgIpc) is 4.00. The lowest BCUT2D eigenvalue weighted by atomic mass is 9.66. The monoisotopic (exact) mass is 808 g/mol. The summed E-state index contributed by atoms with van der Waals surface area (Å²) in [5.41, 5.74) is 9.29. The lowest BCUT2D eigenvalue weighted by Gasteiger charge is -2.37. The van der Waals surface area contributed by atoms with E-state index in [9.17, 15) is 19.2 Å². The molecule has 4 nitrogen and oxygen atoms in total. The van der Waals surface area contributed by atoms with E-state index in [-0.39, 0.29) is 45.1 Å². The van der Waals surface area contributed by atoms with Crippen LogP contribution in [0.1, 0.15) is 128 Å².